The molecule has 0 atom stereocenters. The molecule has 0 aliphatic carbocycles. The van der Waals surface area contributed by atoms with E-state index in [-0.39, 0.29) is 5.56 Å². The van der Waals surface area contributed by atoms with Crippen LogP contribution in [0.1, 0.15) is 31.2 Å². The number of aromatic nitrogens is 1. The van der Waals surface area contributed by atoms with Gasteiger partial charge in [-0.05, 0) is 93.1 Å². The smallest absolute Gasteiger partial charge is 0.248 e. The summed E-state index contributed by atoms with van der Waals surface area (Å²) in [6.45, 7) is 4.54. The van der Waals surface area contributed by atoms with Crippen molar-refractivity contribution < 1.29 is 4.74 Å². The van der Waals surface area contributed by atoms with Crippen molar-refractivity contribution in [2.45, 2.75) is 38.1 Å². The van der Waals surface area contributed by atoms with E-state index in [9.17, 15) is 4.79 Å². The minimum atomic E-state index is -0.0412. The molecule has 0 radical (unpaired) electrons. The molecule has 2 fully saturated rings. The van der Waals surface area contributed by atoms with Gasteiger partial charge in [0.05, 0.1) is 12.6 Å². The highest BCUT2D eigenvalue weighted by Gasteiger charge is 2.29. The summed E-state index contributed by atoms with van der Waals surface area (Å²) in [7, 11) is 1.73. The summed E-state index contributed by atoms with van der Waals surface area (Å²) in [4.78, 5) is 19.9. The van der Waals surface area contributed by atoms with Gasteiger partial charge in [0.1, 0.15) is 5.75 Å². The molecule has 2 saturated heterocycles. The van der Waals surface area contributed by atoms with E-state index >= 15 is 0 Å². The molecule has 1 aromatic heterocycles. The van der Waals surface area contributed by atoms with E-state index in [4.69, 9.17) is 4.74 Å². The van der Waals surface area contributed by atoms with Crippen molar-refractivity contribution >= 4 is 32.5 Å². The SMILES string of the molecule is COc1ccc(Br)c(CC2CCN(C3CCN(c4cccc5[nH]c(=O)ccc45)CC3)CC2)c1. The summed E-state index contributed by atoms with van der Waals surface area (Å²) in [5, 5.41) is 1.14. The lowest BCUT2D eigenvalue weighted by molar-refractivity contribution is 0.115. The second-order valence-electron chi connectivity index (χ2n) is 9.42. The Labute approximate surface area is 203 Å². The fourth-order valence-corrected chi connectivity index (χ4v) is 5.99. The summed E-state index contributed by atoms with van der Waals surface area (Å²) in [6, 6.07) is 16.8. The third kappa shape index (κ3) is 4.97. The van der Waals surface area contributed by atoms with Crippen LogP contribution < -0.4 is 15.2 Å². The Kier molecular flexibility index (Phi) is 6.74. The number of rotatable bonds is 5. The van der Waals surface area contributed by atoms with Crippen LogP contribution in [0.15, 0.2) is 57.8 Å². The standard InChI is InChI=1S/C27H32BrN3O2/c1-33-22-5-7-24(28)20(18-22)17-19-9-13-30(14-10-19)21-11-15-31(16-12-21)26-4-2-3-25-23(26)6-8-27(32)29-25/h2-8,18-19,21H,9-17H2,1H3,(H,29,32). The zero-order valence-electron chi connectivity index (χ0n) is 19.2. The first-order valence-corrected chi connectivity index (χ1v) is 12.8. The topological polar surface area (TPSA) is 48.6 Å². The van der Waals surface area contributed by atoms with Gasteiger partial charge in [-0.1, -0.05) is 22.0 Å². The fourth-order valence-electron chi connectivity index (χ4n) is 5.59. The molecule has 6 heteroatoms. The molecule has 0 amide bonds. The number of nitrogens with one attached hydrogen (secondary N) is 1. The highest BCUT2D eigenvalue weighted by Crippen LogP contribution is 2.32. The second kappa shape index (κ2) is 9.90. The number of hydrogen-bond acceptors (Lipinski definition) is 4. The summed E-state index contributed by atoms with van der Waals surface area (Å²) in [6.07, 6.45) is 6.05. The maximum Gasteiger partial charge on any atom is 0.248 e. The van der Waals surface area contributed by atoms with E-state index in [1.54, 1.807) is 13.2 Å². The van der Waals surface area contributed by atoms with Crippen LogP contribution in [-0.4, -0.2) is 49.2 Å². The number of aromatic amines is 1. The van der Waals surface area contributed by atoms with Gasteiger partial charge in [0.15, 0.2) is 0 Å². The molecule has 1 N–H and O–H groups in total. The zero-order chi connectivity index (χ0) is 22.8. The number of anilines is 1. The maximum absolute atomic E-state index is 11.7. The largest absolute Gasteiger partial charge is 0.497 e. The van der Waals surface area contributed by atoms with Crippen LogP contribution in [0.4, 0.5) is 5.69 Å². The van der Waals surface area contributed by atoms with Gasteiger partial charge < -0.3 is 19.5 Å². The number of ether oxygens (including phenoxy) is 1. The predicted molar refractivity (Wildman–Crippen MR) is 138 cm³/mol. The van der Waals surface area contributed by atoms with Crippen molar-refractivity contribution in [3.05, 3.63) is 68.9 Å². The number of likely N-dealkylation sites (tertiary alicyclic amines) is 1. The van der Waals surface area contributed by atoms with Crippen LogP contribution in [0.25, 0.3) is 10.9 Å². The maximum atomic E-state index is 11.7. The molecule has 5 rings (SSSR count). The van der Waals surface area contributed by atoms with Gasteiger partial charge in [-0.2, -0.15) is 0 Å². The van der Waals surface area contributed by atoms with Crippen LogP contribution in [0.2, 0.25) is 0 Å². The molecule has 33 heavy (non-hydrogen) atoms. The Morgan fingerprint density at radius 1 is 1.00 bits per heavy atom. The third-order valence-electron chi connectivity index (χ3n) is 7.47. The summed E-state index contributed by atoms with van der Waals surface area (Å²) in [5.41, 5.74) is 3.48. The lowest BCUT2D eigenvalue weighted by Crippen LogP contribution is -2.48. The van der Waals surface area contributed by atoms with Crippen molar-refractivity contribution in [2.24, 2.45) is 5.92 Å². The number of piperidine rings is 2. The van der Waals surface area contributed by atoms with Crippen LogP contribution in [0, 0.1) is 5.92 Å². The van der Waals surface area contributed by atoms with Gasteiger partial charge in [-0.25, -0.2) is 0 Å². The molecule has 2 aliphatic rings. The van der Waals surface area contributed by atoms with E-state index in [2.05, 4.69) is 48.9 Å². The van der Waals surface area contributed by atoms with Gasteiger partial charge in [-0.3, -0.25) is 4.79 Å². The Bertz CT molecular complexity index is 1160. The van der Waals surface area contributed by atoms with Gasteiger partial charge in [0, 0.05) is 40.7 Å². The van der Waals surface area contributed by atoms with Crippen molar-refractivity contribution in [1.82, 2.24) is 9.88 Å². The molecule has 0 spiro atoms. The molecule has 3 heterocycles. The lowest BCUT2D eigenvalue weighted by Gasteiger charge is -2.42. The first-order valence-electron chi connectivity index (χ1n) is 12.0. The van der Waals surface area contributed by atoms with Crippen LogP contribution in [0.3, 0.4) is 0 Å². The van der Waals surface area contributed by atoms with Crippen LogP contribution in [0.5, 0.6) is 5.75 Å². The van der Waals surface area contributed by atoms with Crippen molar-refractivity contribution in [1.29, 1.82) is 0 Å². The Morgan fingerprint density at radius 2 is 1.79 bits per heavy atom. The first-order chi connectivity index (χ1) is 16.1. The van der Waals surface area contributed by atoms with E-state index in [1.807, 2.05) is 24.3 Å². The lowest BCUT2D eigenvalue weighted by atomic mass is 9.88. The molecule has 0 saturated carbocycles. The molecule has 3 aromatic rings. The van der Waals surface area contributed by atoms with Gasteiger partial charge in [0.2, 0.25) is 5.56 Å². The van der Waals surface area contributed by atoms with E-state index in [1.165, 1.54) is 54.5 Å². The quantitative estimate of drug-likeness (QED) is 0.511. The minimum Gasteiger partial charge on any atom is -0.497 e. The number of fused-ring (bicyclic) bond motifs is 1. The number of nitrogens with zero attached hydrogens (tertiary/aromatic N) is 2. The molecule has 0 unspecified atom stereocenters. The average molecular weight is 510 g/mol. The highest BCUT2D eigenvalue weighted by atomic mass is 79.9. The van der Waals surface area contributed by atoms with Gasteiger partial charge in [-0.15, -0.1) is 0 Å². The number of halogens is 1. The first kappa shape index (κ1) is 22.5. The second-order valence-corrected chi connectivity index (χ2v) is 10.3. The van der Waals surface area contributed by atoms with Crippen molar-refractivity contribution in [3.8, 4) is 5.75 Å². The number of hydrogen-bond donors (Lipinski definition) is 1. The molecule has 2 aliphatic heterocycles. The number of methoxy groups -OCH3 is 1. The van der Waals surface area contributed by atoms with Crippen molar-refractivity contribution in [2.75, 3.05) is 38.2 Å². The third-order valence-corrected chi connectivity index (χ3v) is 8.25. The highest BCUT2D eigenvalue weighted by molar-refractivity contribution is 9.10. The normalized spacial score (nSPS) is 18.7. The number of H-pyrrole nitrogens is 1. The average Bonchev–Trinajstić information content (AvgIpc) is 2.85. The van der Waals surface area contributed by atoms with E-state index in [0.717, 1.165) is 42.1 Å². The van der Waals surface area contributed by atoms with Gasteiger partial charge in [0.25, 0.3) is 0 Å². The zero-order valence-corrected chi connectivity index (χ0v) is 20.8. The monoisotopic (exact) mass is 509 g/mol. The molecule has 174 valence electrons. The Hall–Kier alpha value is -2.31. The van der Waals surface area contributed by atoms with Crippen molar-refractivity contribution in [3.63, 3.8) is 0 Å². The summed E-state index contributed by atoms with van der Waals surface area (Å²) >= 11 is 3.72. The molecular weight excluding hydrogens is 478 g/mol. The molecule has 5 nitrogen and oxygen atoms in total. The molecular formula is C27H32BrN3O2. The van der Waals surface area contributed by atoms with Crippen LogP contribution >= 0.6 is 15.9 Å². The van der Waals surface area contributed by atoms with Crippen LogP contribution in [-0.2, 0) is 6.42 Å². The van der Waals surface area contributed by atoms with E-state index < -0.39 is 0 Å². The number of pyridine rings is 1. The number of benzene rings is 2. The predicted octanol–water partition coefficient (Wildman–Crippen LogP) is 5.22. The minimum absolute atomic E-state index is 0.0412. The Balaban J connectivity index is 1.16. The molecule has 0 bridgehead atoms. The fraction of sp³-hybridized carbons (Fsp3) is 0.444. The van der Waals surface area contributed by atoms with E-state index in [0.29, 0.717) is 6.04 Å². The van der Waals surface area contributed by atoms with Gasteiger partial charge >= 0.3 is 0 Å². The summed E-state index contributed by atoms with van der Waals surface area (Å²) < 4.78 is 6.61. The Morgan fingerprint density at radius 3 is 2.55 bits per heavy atom. The summed E-state index contributed by atoms with van der Waals surface area (Å²) in [5.74, 6) is 1.68. The molecule has 2 aromatic carbocycles.